The van der Waals surface area contributed by atoms with Crippen LogP contribution in [0.4, 0.5) is 13.2 Å². The largest absolute Gasteiger partial charge is 0.416 e. The van der Waals surface area contributed by atoms with E-state index in [0.717, 1.165) is 18.2 Å². The second-order valence-electron chi connectivity index (χ2n) is 4.22. The van der Waals surface area contributed by atoms with Crippen molar-refractivity contribution in [3.8, 4) is 0 Å². The quantitative estimate of drug-likeness (QED) is 0.912. The van der Waals surface area contributed by atoms with E-state index in [1.807, 2.05) is 0 Å². The zero-order valence-corrected chi connectivity index (χ0v) is 11.2. The first-order valence-electron chi connectivity index (χ1n) is 5.81. The van der Waals surface area contributed by atoms with Crippen LogP contribution in [0, 0.1) is 0 Å². The van der Waals surface area contributed by atoms with Gasteiger partial charge >= 0.3 is 6.18 Å². The van der Waals surface area contributed by atoms with Gasteiger partial charge in [-0.25, -0.2) is 13.4 Å². The third kappa shape index (κ3) is 3.69. The van der Waals surface area contributed by atoms with E-state index in [0.29, 0.717) is 32.4 Å². The zero-order chi connectivity index (χ0) is 14.8. The molecule has 1 saturated heterocycles. The molecule has 1 aliphatic heterocycles. The second kappa shape index (κ2) is 5.68. The van der Waals surface area contributed by atoms with Crippen molar-refractivity contribution in [2.75, 3.05) is 26.3 Å². The Morgan fingerprint density at radius 3 is 2.45 bits per heavy atom. The maximum absolute atomic E-state index is 12.6. The molecular formula is C11H13F3N2O3S. The first-order valence-corrected chi connectivity index (χ1v) is 7.30. The maximum atomic E-state index is 12.6. The summed E-state index contributed by atoms with van der Waals surface area (Å²) in [6, 6.07) is 3.63. The van der Waals surface area contributed by atoms with Crippen LogP contribution in [0.5, 0.6) is 0 Å². The predicted molar refractivity (Wildman–Crippen MR) is 64.2 cm³/mol. The zero-order valence-electron chi connectivity index (χ0n) is 10.4. The molecule has 112 valence electrons. The van der Waals surface area contributed by atoms with Crippen LogP contribution in [0.3, 0.4) is 0 Å². The van der Waals surface area contributed by atoms with E-state index in [1.165, 1.54) is 5.01 Å². The van der Waals surface area contributed by atoms with Crippen LogP contribution in [0.15, 0.2) is 29.2 Å². The van der Waals surface area contributed by atoms with Gasteiger partial charge < -0.3 is 4.74 Å². The summed E-state index contributed by atoms with van der Waals surface area (Å²) in [7, 11) is -4.02. The summed E-state index contributed by atoms with van der Waals surface area (Å²) < 4.78 is 66.8. The van der Waals surface area contributed by atoms with Crippen molar-refractivity contribution in [3.05, 3.63) is 29.8 Å². The third-order valence-electron chi connectivity index (χ3n) is 2.73. The molecule has 1 aliphatic rings. The summed E-state index contributed by atoms with van der Waals surface area (Å²) in [6.07, 6.45) is -4.58. The maximum Gasteiger partial charge on any atom is 0.416 e. The van der Waals surface area contributed by atoms with Crippen LogP contribution in [-0.4, -0.2) is 39.7 Å². The molecule has 9 heteroatoms. The van der Waals surface area contributed by atoms with Crippen LogP contribution >= 0.6 is 0 Å². The van der Waals surface area contributed by atoms with Gasteiger partial charge in [-0.15, -0.1) is 4.83 Å². The number of sulfonamides is 1. The van der Waals surface area contributed by atoms with Gasteiger partial charge in [-0.1, -0.05) is 6.07 Å². The molecule has 1 aromatic carbocycles. The molecule has 1 N–H and O–H groups in total. The summed E-state index contributed by atoms with van der Waals surface area (Å²) in [6.45, 7) is 1.42. The van der Waals surface area contributed by atoms with Gasteiger partial charge in [-0.05, 0) is 18.2 Å². The lowest BCUT2D eigenvalue weighted by Crippen LogP contribution is -2.48. The number of hydrazine groups is 1. The number of morpholine rings is 1. The van der Waals surface area contributed by atoms with Gasteiger partial charge in [0.15, 0.2) is 0 Å². The topological polar surface area (TPSA) is 58.6 Å². The van der Waals surface area contributed by atoms with Crippen molar-refractivity contribution in [2.24, 2.45) is 0 Å². The normalized spacial score (nSPS) is 18.1. The van der Waals surface area contributed by atoms with E-state index in [2.05, 4.69) is 4.83 Å². The number of nitrogens with zero attached hydrogens (tertiary/aromatic N) is 1. The molecule has 0 atom stereocenters. The van der Waals surface area contributed by atoms with E-state index in [9.17, 15) is 21.6 Å². The lowest BCUT2D eigenvalue weighted by molar-refractivity contribution is -0.137. The van der Waals surface area contributed by atoms with Crippen molar-refractivity contribution in [1.82, 2.24) is 9.84 Å². The van der Waals surface area contributed by atoms with Crippen LogP contribution in [0.25, 0.3) is 0 Å². The van der Waals surface area contributed by atoms with Gasteiger partial charge in [0.1, 0.15) is 0 Å². The summed E-state index contributed by atoms with van der Waals surface area (Å²) in [5.74, 6) is 0. The van der Waals surface area contributed by atoms with E-state index < -0.39 is 26.7 Å². The molecular weight excluding hydrogens is 297 g/mol. The molecule has 1 aromatic rings. The summed E-state index contributed by atoms with van der Waals surface area (Å²) in [4.78, 5) is 1.83. The Balaban J connectivity index is 2.20. The third-order valence-corrected chi connectivity index (χ3v) is 4.11. The minimum atomic E-state index is -4.58. The van der Waals surface area contributed by atoms with Gasteiger partial charge in [0.05, 0.1) is 23.7 Å². The molecule has 0 aromatic heterocycles. The summed E-state index contributed by atoms with van der Waals surface area (Å²) in [5, 5.41) is 1.40. The van der Waals surface area contributed by atoms with Gasteiger partial charge in [0, 0.05) is 13.1 Å². The highest BCUT2D eigenvalue weighted by Gasteiger charge is 2.32. The number of nitrogens with one attached hydrogen (secondary N) is 1. The number of rotatable bonds is 3. The number of halogens is 3. The molecule has 20 heavy (non-hydrogen) atoms. The number of ether oxygens (including phenoxy) is 1. The SMILES string of the molecule is O=S(=O)(NN1CCOCC1)c1cccc(C(F)(F)F)c1. The monoisotopic (exact) mass is 310 g/mol. The number of hydrogen-bond donors (Lipinski definition) is 1. The molecule has 0 unspecified atom stereocenters. The van der Waals surface area contributed by atoms with Gasteiger partial charge in [0.25, 0.3) is 10.0 Å². The molecule has 0 aliphatic carbocycles. The highest BCUT2D eigenvalue weighted by atomic mass is 32.2. The number of alkyl halides is 3. The average molecular weight is 310 g/mol. The summed E-state index contributed by atoms with van der Waals surface area (Å²) in [5.41, 5.74) is -0.998. The van der Waals surface area contributed by atoms with E-state index in [1.54, 1.807) is 0 Å². The van der Waals surface area contributed by atoms with Gasteiger partial charge in [0.2, 0.25) is 0 Å². The van der Waals surface area contributed by atoms with Gasteiger partial charge in [-0.3, -0.25) is 0 Å². The summed E-state index contributed by atoms with van der Waals surface area (Å²) >= 11 is 0. The Morgan fingerprint density at radius 2 is 1.85 bits per heavy atom. The van der Waals surface area contributed by atoms with Crippen molar-refractivity contribution >= 4 is 10.0 Å². The van der Waals surface area contributed by atoms with Gasteiger partial charge in [-0.2, -0.15) is 13.2 Å². The first kappa shape index (κ1) is 15.2. The Bertz CT molecular complexity index is 569. The fourth-order valence-corrected chi connectivity index (χ4v) is 2.88. The van der Waals surface area contributed by atoms with Crippen molar-refractivity contribution in [3.63, 3.8) is 0 Å². The van der Waals surface area contributed by atoms with Crippen molar-refractivity contribution in [1.29, 1.82) is 0 Å². The lowest BCUT2D eigenvalue weighted by Gasteiger charge is -2.26. The van der Waals surface area contributed by atoms with Crippen LogP contribution < -0.4 is 4.83 Å². The second-order valence-corrected chi connectivity index (χ2v) is 5.88. The molecule has 1 heterocycles. The predicted octanol–water partition coefficient (Wildman–Crippen LogP) is 1.23. The average Bonchev–Trinajstić information content (AvgIpc) is 2.38. The smallest absolute Gasteiger partial charge is 0.379 e. The Hall–Kier alpha value is -1.16. The highest BCUT2D eigenvalue weighted by Crippen LogP contribution is 2.30. The minimum Gasteiger partial charge on any atom is -0.379 e. The molecule has 0 spiro atoms. The lowest BCUT2D eigenvalue weighted by atomic mass is 10.2. The Morgan fingerprint density at radius 1 is 1.20 bits per heavy atom. The number of benzene rings is 1. The van der Waals surface area contributed by atoms with Crippen LogP contribution in [-0.2, 0) is 20.9 Å². The van der Waals surface area contributed by atoms with E-state index in [4.69, 9.17) is 4.74 Å². The van der Waals surface area contributed by atoms with Crippen molar-refractivity contribution in [2.45, 2.75) is 11.1 Å². The molecule has 0 saturated carbocycles. The fraction of sp³-hybridized carbons (Fsp3) is 0.455. The van der Waals surface area contributed by atoms with E-state index >= 15 is 0 Å². The standard InChI is InChI=1S/C11H13F3N2O3S/c12-11(13,14)9-2-1-3-10(8-9)20(17,18)15-16-4-6-19-7-5-16/h1-3,8,15H,4-7H2. The van der Waals surface area contributed by atoms with E-state index in [-0.39, 0.29) is 0 Å². The van der Waals surface area contributed by atoms with Crippen LogP contribution in [0.2, 0.25) is 0 Å². The first-order chi connectivity index (χ1) is 9.29. The number of hydrogen-bond acceptors (Lipinski definition) is 4. The minimum absolute atomic E-state index is 0.345. The molecule has 0 amide bonds. The molecule has 0 bridgehead atoms. The fourth-order valence-electron chi connectivity index (χ4n) is 1.72. The van der Waals surface area contributed by atoms with Crippen molar-refractivity contribution < 1.29 is 26.3 Å². The Labute approximate surface area is 114 Å². The van der Waals surface area contributed by atoms with Crippen LogP contribution in [0.1, 0.15) is 5.56 Å². The molecule has 0 radical (unpaired) electrons. The Kier molecular flexibility index (Phi) is 4.33. The molecule has 2 rings (SSSR count). The molecule has 5 nitrogen and oxygen atoms in total. The molecule has 1 fully saturated rings. The highest BCUT2D eigenvalue weighted by molar-refractivity contribution is 7.89.